The van der Waals surface area contributed by atoms with Gasteiger partial charge in [-0.25, -0.2) is 13.3 Å². The molecular weight excluding hydrogens is 432 g/mol. The standard InChI is InChI=1S/C19H11NO7S.2Na/c21-17-13-6-3-4-10-8-11(28(25,26)27)9-14(16(10)13)18(22)20(17)15-7-2-1-5-12(15)19(23)24;;/h1-9H,(H,23,24)(H,25,26,27);;/q;2*+1/p-2. The van der Waals surface area contributed by atoms with Crippen molar-refractivity contribution in [2.75, 3.05) is 4.90 Å². The molecule has 2 amide bonds. The summed E-state index contributed by atoms with van der Waals surface area (Å²) >= 11 is 0. The molecule has 30 heavy (non-hydrogen) atoms. The molecule has 0 unspecified atom stereocenters. The molecule has 0 N–H and O–H groups in total. The van der Waals surface area contributed by atoms with Gasteiger partial charge in [0.15, 0.2) is 0 Å². The second kappa shape index (κ2) is 8.89. The van der Waals surface area contributed by atoms with Gasteiger partial charge in [-0.1, -0.05) is 30.3 Å². The van der Waals surface area contributed by atoms with E-state index in [9.17, 15) is 32.5 Å². The summed E-state index contributed by atoms with van der Waals surface area (Å²) < 4.78 is 34.4. The Morgan fingerprint density at radius 1 is 0.867 bits per heavy atom. The van der Waals surface area contributed by atoms with Crippen LogP contribution in [0.1, 0.15) is 31.1 Å². The normalized spacial score (nSPS) is 12.9. The van der Waals surface area contributed by atoms with E-state index >= 15 is 0 Å². The Morgan fingerprint density at radius 2 is 1.50 bits per heavy atom. The number of nitrogens with zero attached hydrogens (tertiary/aromatic N) is 1. The first kappa shape index (κ1) is 24.7. The van der Waals surface area contributed by atoms with Gasteiger partial charge in [0.25, 0.3) is 11.8 Å². The van der Waals surface area contributed by atoms with Crippen molar-refractivity contribution in [2.24, 2.45) is 0 Å². The maximum atomic E-state index is 13.1. The van der Waals surface area contributed by atoms with Crippen molar-refractivity contribution in [3.63, 3.8) is 0 Å². The molecule has 1 aliphatic rings. The van der Waals surface area contributed by atoms with E-state index in [1.165, 1.54) is 42.5 Å². The van der Waals surface area contributed by atoms with Crippen LogP contribution in [-0.2, 0) is 10.1 Å². The summed E-state index contributed by atoms with van der Waals surface area (Å²) in [5.74, 6) is -3.29. The minimum Gasteiger partial charge on any atom is -0.744 e. The Kier molecular flexibility index (Phi) is 7.33. The van der Waals surface area contributed by atoms with Gasteiger partial charge >= 0.3 is 59.1 Å². The number of hydrogen-bond donors (Lipinski definition) is 0. The van der Waals surface area contributed by atoms with E-state index in [2.05, 4.69) is 0 Å². The van der Waals surface area contributed by atoms with Gasteiger partial charge in [0.2, 0.25) is 0 Å². The van der Waals surface area contributed by atoms with Crippen LogP contribution in [0.15, 0.2) is 59.5 Å². The molecule has 11 heteroatoms. The average Bonchev–Trinajstić information content (AvgIpc) is 2.65. The fraction of sp³-hybridized carbons (Fsp3) is 0. The number of carboxylic acid groups (broad SMARTS) is 1. The summed E-state index contributed by atoms with van der Waals surface area (Å²) in [5.41, 5.74) is -0.701. The maximum absolute atomic E-state index is 13.1. The first-order valence-electron chi connectivity index (χ1n) is 7.92. The minimum absolute atomic E-state index is 0. The molecule has 0 aromatic heterocycles. The number of anilines is 1. The fourth-order valence-corrected chi connectivity index (χ4v) is 3.82. The summed E-state index contributed by atoms with van der Waals surface area (Å²) in [7, 11) is -4.87. The van der Waals surface area contributed by atoms with Crippen LogP contribution in [0.5, 0.6) is 0 Å². The van der Waals surface area contributed by atoms with Crippen molar-refractivity contribution < 1.29 is 91.6 Å². The second-order valence-electron chi connectivity index (χ2n) is 6.08. The monoisotopic (exact) mass is 441 g/mol. The topological polar surface area (TPSA) is 135 Å². The second-order valence-corrected chi connectivity index (χ2v) is 7.46. The van der Waals surface area contributed by atoms with Crippen LogP contribution in [0, 0.1) is 0 Å². The first-order valence-corrected chi connectivity index (χ1v) is 9.33. The predicted molar refractivity (Wildman–Crippen MR) is 93.8 cm³/mol. The zero-order chi connectivity index (χ0) is 20.2. The molecular formula is C19H9NNa2O7S. The molecule has 0 atom stereocenters. The van der Waals surface area contributed by atoms with Gasteiger partial charge < -0.3 is 14.5 Å². The predicted octanol–water partition coefficient (Wildman–Crippen LogP) is -5.08. The Labute approximate surface area is 215 Å². The smallest absolute Gasteiger partial charge is 0.744 e. The van der Waals surface area contributed by atoms with Gasteiger partial charge in [0, 0.05) is 16.5 Å². The molecule has 1 aliphatic heterocycles. The van der Waals surface area contributed by atoms with Crippen molar-refractivity contribution in [1.29, 1.82) is 0 Å². The maximum Gasteiger partial charge on any atom is 1.00 e. The van der Waals surface area contributed by atoms with E-state index in [1.54, 1.807) is 0 Å². The van der Waals surface area contributed by atoms with Gasteiger partial charge in [-0.3, -0.25) is 9.59 Å². The number of carboxylic acids is 1. The van der Waals surface area contributed by atoms with Crippen molar-refractivity contribution >= 4 is 44.4 Å². The Morgan fingerprint density at radius 3 is 2.13 bits per heavy atom. The minimum atomic E-state index is -4.87. The third-order valence-corrected chi connectivity index (χ3v) is 5.28. The van der Waals surface area contributed by atoms with Crippen LogP contribution >= 0.6 is 0 Å². The van der Waals surface area contributed by atoms with E-state index in [4.69, 9.17) is 0 Å². The number of rotatable bonds is 3. The SMILES string of the molecule is O=C([O-])c1ccccc1N1C(=O)c2cccc3cc(S(=O)(=O)[O-])cc(c23)C1=O.[Na+].[Na+]. The van der Waals surface area contributed by atoms with Gasteiger partial charge in [-0.05, 0) is 29.7 Å². The van der Waals surface area contributed by atoms with Crippen LogP contribution in [0.3, 0.4) is 0 Å². The summed E-state index contributed by atoms with van der Waals surface area (Å²) in [6, 6.07) is 11.7. The zero-order valence-corrected chi connectivity index (χ0v) is 20.7. The van der Waals surface area contributed by atoms with Crippen molar-refractivity contribution in [3.05, 3.63) is 71.3 Å². The molecule has 140 valence electrons. The molecule has 4 rings (SSSR count). The van der Waals surface area contributed by atoms with Gasteiger partial charge in [-0.2, -0.15) is 0 Å². The van der Waals surface area contributed by atoms with Crippen LogP contribution in [0.25, 0.3) is 10.8 Å². The summed E-state index contributed by atoms with van der Waals surface area (Å²) in [4.78, 5) is 37.5. The van der Waals surface area contributed by atoms with Crippen LogP contribution in [0.4, 0.5) is 5.69 Å². The summed E-state index contributed by atoms with van der Waals surface area (Å²) in [6.45, 7) is 0. The van der Waals surface area contributed by atoms with E-state index < -0.39 is 32.8 Å². The molecule has 0 fully saturated rings. The average molecular weight is 441 g/mol. The molecule has 0 bridgehead atoms. The molecule has 0 aliphatic carbocycles. The first-order chi connectivity index (χ1) is 13.2. The number of carbonyl (C=O) groups excluding carboxylic acids is 3. The van der Waals surface area contributed by atoms with Crippen LogP contribution in [-0.4, -0.2) is 30.8 Å². The van der Waals surface area contributed by atoms with Crippen LogP contribution in [0.2, 0.25) is 0 Å². The van der Waals surface area contributed by atoms with E-state index in [1.807, 2.05) is 0 Å². The summed E-state index contributed by atoms with van der Waals surface area (Å²) in [6.07, 6.45) is 0. The fourth-order valence-electron chi connectivity index (χ4n) is 3.28. The molecule has 1 heterocycles. The quantitative estimate of drug-likeness (QED) is 0.226. The molecule has 0 spiro atoms. The number of aromatic carboxylic acids is 1. The number of benzene rings is 3. The Bertz CT molecular complexity index is 1320. The largest absolute Gasteiger partial charge is 1.00 e. The third kappa shape index (κ3) is 4.00. The van der Waals surface area contributed by atoms with Crippen molar-refractivity contribution in [3.8, 4) is 0 Å². The number of imide groups is 1. The number of amides is 2. The number of para-hydroxylation sites is 1. The number of carbonyl (C=O) groups is 3. The summed E-state index contributed by atoms with van der Waals surface area (Å²) in [5, 5.41) is 11.9. The van der Waals surface area contributed by atoms with E-state index in [0.29, 0.717) is 4.90 Å². The molecule has 0 saturated heterocycles. The Hall–Kier alpha value is -1.56. The van der Waals surface area contributed by atoms with Gasteiger partial charge in [0.1, 0.15) is 10.1 Å². The number of hydrogen-bond acceptors (Lipinski definition) is 7. The van der Waals surface area contributed by atoms with Crippen molar-refractivity contribution in [2.45, 2.75) is 4.90 Å². The van der Waals surface area contributed by atoms with Gasteiger partial charge in [0.05, 0.1) is 22.1 Å². The van der Waals surface area contributed by atoms with Gasteiger partial charge in [-0.15, -0.1) is 0 Å². The zero-order valence-electron chi connectivity index (χ0n) is 15.9. The van der Waals surface area contributed by atoms with E-state index in [-0.39, 0.29) is 92.3 Å². The molecule has 8 nitrogen and oxygen atoms in total. The molecule has 3 aromatic carbocycles. The van der Waals surface area contributed by atoms with Crippen LogP contribution < -0.4 is 69.1 Å². The van der Waals surface area contributed by atoms with E-state index in [0.717, 1.165) is 12.1 Å². The molecule has 0 saturated carbocycles. The Balaban J connectivity index is 0.00000160. The van der Waals surface area contributed by atoms with Crippen molar-refractivity contribution in [1.82, 2.24) is 0 Å². The third-order valence-electron chi connectivity index (χ3n) is 4.47. The molecule has 3 aromatic rings. The molecule has 0 radical (unpaired) electrons.